The normalized spacial score (nSPS) is 12.9. The highest BCUT2D eigenvalue weighted by Crippen LogP contribution is 2.19. The monoisotopic (exact) mass is 1200 g/mol. The number of hydrogen-bond acceptors (Lipinski definition) is 7. The number of nitrogens with zero attached hydrogens (tertiary/aromatic N) is 1. The molecule has 0 spiro atoms. The topological polar surface area (TPSA) is 108 Å². The van der Waals surface area contributed by atoms with Gasteiger partial charge in [0.15, 0.2) is 6.10 Å². The largest absolute Gasteiger partial charge is 0.477 e. The van der Waals surface area contributed by atoms with Gasteiger partial charge >= 0.3 is 17.9 Å². The lowest BCUT2D eigenvalue weighted by atomic mass is 10.0. The zero-order valence-electron chi connectivity index (χ0n) is 57.0. The van der Waals surface area contributed by atoms with E-state index in [4.69, 9.17) is 18.9 Å². The summed E-state index contributed by atoms with van der Waals surface area (Å²) in [5, 5.41) is 9.76. The SMILES string of the molecule is CC/C=C\C/C=C\C/C=C\C/C=C\CCCCCCCCCCCCCCCCCCCCC(=O)OC(COC(=O)CCCCCCCCCCCCCCCCCCCCCCCCCCCCCCC)COC(OCC[N+](C)(C)C)C(=O)O. The molecule has 0 fully saturated rings. The zero-order chi connectivity index (χ0) is 61.9. The molecule has 0 aliphatic heterocycles. The molecule has 0 amide bonds. The Labute approximate surface area is 527 Å². The molecule has 2 atom stereocenters. The van der Waals surface area contributed by atoms with Crippen molar-refractivity contribution in [2.75, 3.05) is 47.5 Å². The smallest absolute Gasteiger partial charge is 0.361 e. The summed E-state index contributed by atoms with van der Waals surface area (Å²) in [6, 6.07) is 0. The maximum Gasteiger partial charge on any atom is 0.361 e. The number of carbonyl (C=O) groups excluding carboxylic acids is 2. The molecule has 9 nitrogen and oxygen atoms in total. The number of rotatable bonds is 69. The molecule has 0 radical (unpaired) electrons. The summed E-state index contributed by atoms with van der Waals surface area (Å²) >= 11 is 0. The van der Waals surface area contributed by atoms with Gasteiger partial charge in [0, 0.05) is 12.8 Å². The quantitative estimate of drug-likeness (QED) is 0.0211. The van der Waals surface area contributed by atoms with Crippen molar-refractivity contribution >= 4 is 17.9 Å². The van der Waals surface area contributed by atoms with Crippen molar-refractivity contribution in [3.63, 3.8) is 0 Å². The lowest BCUT2D eigenvalue weighted by Crippen LogP contribution is -2.40. The first-order valence-electron chi connectivity index (χ1n) is 36.8. The molecule has 0 rings (SSSR count). The summed E-state index contributed by atoms with van der Waals surface area (Å²) in [5.41, 5.74) is 0. The molecule has 0 aromatic rings. The molecule has 85 heavy (non-hydrogen) atoms. The van der Waals surface area contributed by atoms with Crippen LogP contribution in [-0.4, -0.2) is 87.4 Å². The number of unbranched alkanes of at least 4 members (excludes halogenated alkanes) is 46. The molecule has 9 heteroatoms. The van der Waals surface area contributed by atoms with E-state index >= 15 is 0 Å². The highest BCUT2D eigenvalue weighted by atomic mass is 16.7. The molecule has 0 aromatic heterocycles. The van der Waals surface area contributed by atoms with Gasteiger partial charge in [-0.05, 0) is 51.4 Å². The minimum absolute atomic E-state index is 0.176. The van der Waals surface area contributed by atoms with E-state index in [-0.39, 0.29) is 38.2 Å². The molecule has 2 unspecified atom stereocenters. The average Bonchev–Trinajstić information content (AvgIpc) is 3.49. The van der Waals surface area contributed by atoms with Crippen LogP contribution in [0, 0.1) is 0 Å². The second kappa shape index (κ2) is 67.2. The first-order valence-corrected chi connectivity index (χ1v) is 36.8. The van der Waals surface area contributed by atoms with E-state index in [0.717, 1.165) is 64.2 Å². The van der Waals surface area contributed by atoms with Gasteiger partial charge in [-0.3, -0.25) is 9.59 Å². The Morgan fingerprint density at radius 2 is 0.671 bits per heavy atom. The first kappa shape index (κ1) is 82.2. The maximum atomic E-state index is 13.0. The fourth-order valence-electron chi connectivity index (χ4n) is 11.0. The minimum atomic E-state index is -1.51. The number of carboxylic acid groups (broad SMARTS) is 1. The minimum Gasteiger partial charge on any atom is -0.477 e. The summed E-state index contributed by atoms with van der Waals surface area (Å²) in [7, 11) is 5.99. The molecular formula is C76H142NO8+. The van der Waals surface area contributed by atoms with Crippen LogP contribution in [0.3, 0.4) is 0 Å². The molecule has 0 aliphatic rings. The molecule has 0 heterocycles. The number of aliphatic carboxylic acids is 1. The Bertz CT molecular complexity index is 1530. The second-order valence-corrected chi connectivity index (χ2v) is 26.2. The predicted octanol–water partition coefficient (Wildman–Crippen LogP) is 22.9. The second-order valence-electron chi connectivity index (χ2n) is 26.2. The Morgan fingerprint density at radius 1 is 0.365 bits per heavy atom. The molecule has 1 N–H and O–H groups in total. The molecule has 0 aromatic carbocycles. The van der Waals surface area contributed by atoms with E-state index in [0.29, 0.717) is 17.4 Å². The van der Waals surface area contributed by atoms with Crippen LogP contribution in [0.25, 0.3) is 0 Å². The standard InChI is InChI=1S/C76H141NO8/c1-6-8-10-12-14-16-18-20-22-24-26-28-30-32-34-36-37-39-41-43-45-47-49-51-53-55-57-59-61-63-65-67-74(79)85-72(71-84-76(75(80)81)82-69-68-77(3,4)5)70-83-73(78)66-64-62-60-58-56-54-52-50-48-46-44-42-40-38-35-33-31-29-27-25-23-21-19-17-15-13-11-9-7-2/h8,10,14,16,20,22,26,28,72,76H,6-7,9,11-13,15,17-19,21,23-25,27,29-71H2,1-5H3/p+1/b10-8-,16-14-,22-20-,28-26-. The van der Waals surface area contributed by atoms with Crippen molar-refractivity contribution in [1.29, 1.82) is 0 Å². The number of carboxylic acids is 1. The Morgan fingerprint density at radius 3 is 1.00 bits per heavy atom. The van der Waals surface area contributed by atoms with E-state index in [2.05, 4.69) is 62.5 Å². The molecule has 0 saturated carbocycles. The predicted molar refractivity (Wildman–Crippen MR) is 364 cm³/mol. The number of hydrogen-bond donors (Lipinski definition) is 1. The van der Waals surface area contributed by atoms with E-state index in [9.17, 15) is 19.5 Å². The van der Waals surface area contributed by atoms with Gasteiger partial charge in [-0.15, -0.1) is 0 Å². The van der Waals surface area contributed by atoms with Gasteiger partial charge in [0.1, 0.15) is 13.2 Å². The third kappa shape index (κ3) is 68.6. The van der Waals surface area contributed by atoms with E-state index in [1.54, 1.807) is 0 Å². The molecule has 0 bridgehead atoms. The van der Waals surface area contributed by atoms with Gasteiger partial charge in [0.2, 0.25) is 0 Å². The van der Waals surface area contributed by atoms with Crippen LogP contribution in [-0.2, 0) is 33.3 Å². The lowest BCUT2D eigenvalue weighted by molar-refractivity contribution is -0.870. The molecule has 0 aliphatic carbocycles. The van der Waals surface area contributed by atoms with Gasteiger partial charge in [0.25, 0.3) is 6.29 Å². The highest BCUT2D eigenvalue weighted by Gasteiger charge is 2.25. The molecular weight excluding hydrogens is 1050 g/mol. The summed E-state index contributed by atoms with van der Waals surface area (Å²) in [6.45, 7) is 4.84. The van der Waals surface area contributed by atoms with Gasteiger partial charge < -0.3 is 28.5 Å². The van der Waals surface area contributed by atoms with Crippen LogP contribution in [0.5, 0.6) is 0 Å². The third-order valence-corrected chi connectivity index (χ3v) is 16.6. The van der Waals surface area contributed by atoms with Crippen LogP contribution in [0.4, 0.5) is 0 Å². The van der Waals surface area contributed by atoms with Gasteiger partial charge in [-0.1, -0.05) is 345 Å². The van der Waals surface area contributed by atoms with Crippen LogP contribution in [0.15, 0.2) is 48.6 Å². The number of carbonyl (C=O) groups is 3. The van der Waals surface area contributed by atoms with Crippen LogP contribution < -0.4 is 0 Å². The van der Waals surface area contributed by atoms with Crippen molar-refractivity contribution in [3.05, 3.63) is 48.6 Å². The number of esters is 2. The fourth-order valence-corrected chi connectivity index (χ4v) is 11.0. The fraction of sp³-hybridized carbons (Fsp3) is 0.855. The van der Waals surface area contributed by atoms with Crippen molar-refractivity contribution in [1.82, 2.24) is 0 Å². The summed E-state index contributed by atoms with van der Waals surface area (Å²) in [6.07, 6.45) is 83.9. The number of quaternary nitrogens is 1. The van der Waals surface area contributed by atoms with E-state index in [1.807, 2.05) is 21.1 Å². The molecule has 498 valence electrons. The molecule has 0 saturated heterocycles. The van der Waals surface area contributed by atoms with Crippen LogP contribution >= 0.6 is 0 Å². The number of likely N-dealkylation sites (N-methyl/N-ethyl adjacent to an activating group) is 1. The summed E-state index contributed by atoms with van der Waals surface area (Å²) in [5.74, 6) is -1.98. The van der Waals surface area contributed by atoms with E-state index < -0.39 is 18.4 Å². The van der Waals surface area contributed by atoms with Gasteiger partial charge in [0.05, 0.1) is 34.4 Å². The zero-order valence-corrected chi connectivity index (χ0v) is 57.0. The van der Waals surface area contributed by atoms with Crippen LogP contribution in [0.2, 0.25) is 0 Å². The summed E-state index contributed by atoms with van der Waals surface area (Å²) in [4.78, 5) is 37.7. The van der Waals surface area contributed by atoms with Crippen LogP contribution in [0.1, 0.15) is 361 Å². The highest BCUT2D eigenvalue weighted by molar-refractivity contribution is 5.71. The van der Waals surface area contributed by atoms with Crippen molar-refractivity contribution in [2.45, 2.75) is 373 Å². The maximum absolute atomic E-state index is 13.0. The Kier molecular flexibility index (Phi) is 65.0. The lowest BCUT2D eigenvalue weighted by Gasteiger charge is -2.25. The first-order chi connectivity index (χ1) is 41.6. The van der Waals surface area contributed by atoms with Gasteiger partial charge in [-0.25, -0.2) is 4.79 Å². The van der Waals surface area contributed by atoms with Crippen molar-refractivity contribution < 1.29 is 42.9 Å². The third-order valence-electron chi connectivity index (χ3n) is 16.6. The van der Waals surface area contributed by atoms with Gasteiger partial charge in [-0.2, -0.15) is 0 Å². The van der Waals surface area contributed by atoms with Crippen molar-refractivity contribution in [3.8, 4) is 0 Å². The average molecular weight is 1200 g/mol. The van der Waals surface area contributed by atoms with Crippen molar-refractivity contribution in [2.24, 2.45) is 0 Å². The summed E-state index contributed by atoms with van der Waals surface area (Å²) < 4.78 is 23.0. The Balaban J connectivity index is 4.03. The Hall–Kier alpha value is -2.75. The van der Waals surface area contributed by atoms with E-state index in [1.165, 1.54) is 270 Å². The number of allylic oxidation sites excluding steroid dienone is 8. The number of ether oxygens (including phenoxy) is 4.